The monoisotopic (exact) mass is 276 g/mol. The summed E-state index contributed by atoms with van der Waals surface area (Å²) < 4.78 is 0. The van der Waals surface area contributed by atoms with Crippen molar-refractivity contribution >= 4 is 11.9 Å². The van der Waals surface area contributed by atoms with Crippen LogP contribution in [0.1, 0.15) is 13.8 Å². The SMILES string of the molecule is CC(C#N)C=C(N=NC(=CC(C)C#N)C(=O)O)C(=O)O. The van der Waals surface area contributed by atoms with Crippen molar-refractivity contribution in [1.29, 1.82) is 10.5 Å². The highest BCUT2D eigenvalue weighted by atomic mass is 16.4. The molecule has 0 aromatic carbocycles. The van der Waals surface area contributed by atoms with Gasteiger partial charge in [-0.3, -0.25) is 0 Å². The topological polar surface area (TPSA) is 147 Å². The molecule has 0 aliphatic carbocycles. The lowest BCUT2D eigenvalue weighted by molar-refractivity contribution is -0.134. The Hall–Kier alpha value is -3.00. The van der Waals surface area contributed by atoms with Crippen molar-refractivity contribution < 1.29 is 19.8 Å². The Morgan fingerprint density at radius 3 is 1.45 bits per heavy atom. The molecule has 0 bridgehead atoms. The standard InChI is InChI=1S/C12H12N4O4/c1-7(5-13)3-9(11(17)18)15-16-10(12(19)20)4-8(2)6-14/h3-4,7-8H,1-2H3,(H,17,18)(H,19,20). The summed E-state index contributed by atoms with van der Waals surface area (Å²) in [5.74, 6) is -4.30. The average Bonchev–Trinajstić information content (AvgIpc) is 2.40. The molecule has 0 aromatic rings. The van der Waals surface area contributed by atoms with Gasteiger partial charge in [0.2, 0.25) is 0 Å². The normalized spacial score (nSPS) is 15.2. The summed E-state index contributed by atoms with van der Waals surface area (Å²) in [6, 6.07) is 3.57. The maximum absolute atomic E-state index is 10.9. The summed E-state index contributed by atoms with van der Waals surface area (Å²) in [4.78, 5) is 21.7. The van der Waals surface area contributed by atoms with E-state index in [0.717, 1.165) is 12.2 Å². The minimum absolute atomic E-state index is 0.546. The third kappa shape index (κ3) is 6.07. The lowest BCUT2D eigenvalue weighted by Gasteiger charge is -1.98. The van der Waals surface area contributed by atoms with Crippen LogP contribution in [0.4, 0.5) is 0 Å². The van der Waals surface area contributed by atoms with Crippen LogP contribution < -0.4 is 0 Å². The lowest BCUT2D eigenvalue weighted by Crippen LogP contribution is -2.03. The molecule has 0 aliphatic rings. The maximum Gasteiger partial charge on any atom is 0.356 e. The number of hydrogen-bond acceptors (Lipinski definition) is 6. The van der Waals surface area contributed by atoms with Gasteiger partial charge < -0.3 is 10.2 Å². The Morgan fingerprint density at radius 1 is 0.950 bits per heavy atom. The summed E-state index contributed by atoms with van der Waals surface area (Å²) in [6.07, 6.45) is 2.08. The van der Waals surface area contributed by atoms with Crippen molar-refractivity contribution in [3.05, 3.63) is 23.5 Å². The molecule has 0 aliphatic heterocycles. The Bertz CT molecular complexity index is 513. The predicted molar refractivity (Wildman–Crippen MR) is 65.8 cm³/mol. The van der Waals surface area contributed by atoms with Gasteiger partial charge in [0, 0.05) is 0 Å². The zero-order valence-electron chi connectivity index (χ0n) is 10.8. The van der Waals surface area contributed by atoms with Gasteiger partial charge in [0.15, 0.2) is 11.4 Å². The first kappa shape index (κ1) is 17.0. The van der Waals surface area contributed by atoms with Crippen molar-refractivity contribution in [3.8, 4) is 12.1 Å². The van der Waals surface area contributed by atoms with E-state index in [0.29, 0.717) is 0 Å². The molecule has 2 N–H and O–H groups in total. The van der Waals surface area contributed by atoms with Crippen molar-refractivity contribution in [2.75, 3.05) is 0 Å². The zero-order chi connectivity index (χ0) is 15.7. The minimum atomic E-state index is -1.44. The van der Waals surface area contributed by atoms with Crippen molar-refractivity contribution in [2.24, 2.45) is 22.1 Å². The average molecular weight is 276 g/mol. The Balaban J connectivity index is 5.40. The van der Waals surface area contributed by atoms with Crippen LogP contribution in [0.3, 0.4) is 0 Å². The van der Waals surface area contributed by atoms with Gasteiger partial charge in [-0.25, -0.2) is 9.59 Å². The Kier molecular flexibility index (Phi) is 6.94. The number of carbonyl (C=O) groups is 2. The first-order chi connectivity index (χ1) is 9.31. The summed E-state index contributed by atoms with van der Waals surface area (Å²) in [5, 5.41) is 41.4. The van der Waals surface area contributed by atoms with Gasteiger partial charge in [0.25, 0.3) is 0 Å². The number of nitriles is 2. The molecule has 0 saturated carbocycles. The third-order valence-electron chi connectivity index (χ3n) is 1.93. The largest absolute Gasteiger partial charge is 0.476 e. The van der Waals surface area contributed by atoms with Crippen LogP contribution in [0.2, 0.25) is 0 Å². The van der Waals surface area contributed by atoms with E-state index >= 15 is 0 Å². The van der Waals surface area contributed by atoms with Gasteiger partial charge >= 0.3 is 11.9 Å². The number of aliphatic carboxylic acids is 2. The van der Waals surface area contributed by atoms with Crippen LogP contribution in [-0.2, 0) is 9.59 Å². The smallest absolute Gasteiger partial charge is 0.356 e. The van der Waals surface area contributed by atoms with E-state index in [2.05, 4.69) is 10.2 Å². The zero-order valence-corrected chi connectivity index (χ0v) is 10.8. The highest BCUT2D eigenvalue weighted by Gasteiger charge is 2.12. The van der Waals surface area contributed by atoms with Gasteiger partial charge in [0.05, 0.1) is 24.0 Å². The van der Waals surface area contributed by atoms with Crippen molar-refractivity contribution in [2.45, 2.75) is 13.8 Å². The molecule has 0 saturated heterocycles. The number of carboxylic acid groups (broad SMARTS) is 2. The van der Waals surface area contributed by atoms with Crippen LogP contribution in [0.5, 0.6) is 0 Å². The molecule has 0 aromatic heterocycles. The van der Waals surface area contributed by atoms with Gasteiger partial charge in [-0.1, -0.05) is 0 Å². The number of allylic oxidation sites excluding steroid dienone is 2. The van der Waals surface area contributed by atoms with E-state index < -0.39 is 35.2 Å². The second kappa shape index (κ2) is 8.16. The van der Waals surface area contributed by atoms with E-state index in [-0.39, 0.29) is 0 Å². The van der Waals surface area contributed by atoms with Crippen LogP contribution >= 0.6 is 0 Å². The predicted octanol–water partition coefficient (Wildman–Crippen LogP) is 1.69. The number of rotatable bonds is 6. The second-order valence-electron chi connectivity index (χ2n) is 3.75. The second-order valence-corrected chi connectivity index (χ2v) is 3.75. The fraction of sp³-hybridized carbons (Fsp3) is 0.333. The fourth-order valence-electron chi connectivity index (χ4n) is 0.951. The third-order valence-corrected chi connectivity index (χ3v) is 1.93. The van der Waals surface area contributed by atoms with E-state index in [1.54, 1.807) is 12.1 Å². The molecule has 0 spiro atoms. The minimum Gasteiger partial charge on any atom is -0.476 e. The van der Waals surface area contributed by atoms with E-state index in [1.807, 2.05) is 0 Å². The van der Waals surface area contributed by atoms with Crippen molar-refractivity contribution in [1.82, 2.24) is 0 Å². The van der Waals surface area contributed by atoms with E-state index in [1.165, 1.54) is 13.8 Å². The molecule has 104 valence electrons. The Morgan fingerprint density at radius 2 is 1.25 bits per heavy atom. The molecule has 20 heavy (non-hydrogen) atoms. The molecule has 0 radical (unpaired) electrons. The molecule has 0 rings (SSSR count). The van der Waals surface area contributed by atoms with Gasteiger partial charge in [-0.2, -0.15) is 10.5 Å². The highest BCUT2D eigenvalue weighted by molar-refractivity contribution is 5.87. The Labute approximate surface area is 115 Å². The van der Waals surface area contributed by atoms with Gasteiger partial charge in [-0.15, -0.1) is 10.2 Å². The maximum atomic E-state index is 10.9. The first-order valence-electron chi connectivity index (χ1n) is 5.43. The van der Waals surface area contributed by atoms with Gasteiger partial charge in [0.1, 0.15) is 0 Å². The molecular formula is C12H12N4O4. The summed E-state index contributed by atoms with van der Waals surface area (Å²) in [7, 11) is 0. The van der Waals surface area contributed by atoms with Crippen LogP contribution in [0.15, 0.2) is 33.8 Å². The number of azo groups is 1. The van der Waals surface area contributed by atoms with Crippen LogP contribution in [-0.4, -0.2) is 22.2 Å². The first-order valence-corrected chi connectivity index (χ1v) is 5.43. The van der Waals surface area contributed by atoms with E-state index in [4.69, 9.17) is 20.7 Å². The fourth-order valence-corrected chi connectivity index (χ4v) is 0.951. The number of carboxylic acids is 2. The molecule has 0 amide bonds. The molecular weight excluding hydrogens is 264 g/mol. The van der Waals surface area contributed by atoms with Crippen LogP contribution in [0, 0.1) is 34.5 Å². The molecule has 0 fully saturated rings. The summed E-state index contributed by atoms with van der Waals surface area (Å²) >= 11 is 0. The molecule has 8 nitrogen and oxygen atoms in total. The highest BCUT2D eigenvalue weighted by Crippen LogP contribution is 2.10. The quantitative estimate of drug-likeness (QED) is 0.557. The molecule has 2 unspecified atom stereocenters. The number of nitrogens with zero attached hydrogens (tertiary/aromatic N) is 4. The molecule has 0 heterocycles. The van der Waals surface area contributed by atoms with E-state index in [9.17, 15) is 9.59 Å². The molecule has 2 atom stereocenters. The van der Waals surface area contributed by atoms with Gasteiger partial charge in [-0.05, 0) is 26.0 Å². The summed E-state index contributed by atoms with van der Waals surface area (Å²) in [5.41, 5.74) is -1.09. The number of hydrogen-bond donors (Lipinski definition) is 2. The summed E-state index contributed by atoms with van der Waals surface area (Å²) in [6.45, 7) is 2.90. The lowest BCUT2D eigenvalue weighted by atomic mass is 10.2. The van der Waals surface area contributed by atoms with Crippen molar-refractivity contribution in [3.63, 3.8) is 0 Å². The van der Waals surface area contributed by atoms with Crippen LogP contribution in [0.25, 0.3) is 0 Å². The molecule has 8 heteroatoms.